The standard InChI is InChI=1S/C29H28N6O4S/c1-17-15-23(18(2)33(17)25-16-22(35(37)38)12-13-26(25)39-4)28-27(24-7-5-6-14-30-24)32-29(40)34(28)21-10-8-20(9-11-21)31-19(3)36/h5-16,27-28H,1-4H3,(H,31,36)(H,32,40)/t27-,28-/m1/s1. The highest BCUT2D eigenvalue weighted by molar-refractivity contribution is 7.80. The van der Waals surface area contributed by atoms with Crippen LogP contribution >= 0.6 is 12.2 Å². The molecule has 1 fully saturated rings. The number of non-ortho nitro benzene ring substituents is 1. The van der Waals surface area contributed by atoms with Crippen LogP contribution < -0.4 is 20.3 Å². The highest BCUT2D eigenvalue weighted by Crippen LogP contribution is 2.44. The first-order valence-corrected chi connectivity index (χ1v) is 13.0. The van der Waals surface area contributed by atoms with Crippen molar-refractivity contribution in [1.29, 1.82) is 0 Å². The molecule has 0 saturated carbocycles. The number of aryl methyl sites for hydroxylation is 1. The first-order chi connectivity index (χ1) is 19.2. The van der Waals surface area contributed by atoms with Crippen molar-refractivity contribution >= 4 is 40.3 Å². The predicted octanol–water partition coefficient (Wildman–Crippen LogP) is 5.54. The van der Waals surface area contributed by atoms with E-state index < -0.39 is 4.92 Å². The number of aromatic nitrogens is 2. The molecule has 0 radical (unpaired) electrons. The summed E-state index contributed by atoms with van der Waals surface area (Å²) in [7, 11) is 1.54. The maximum absolute atomic E-state index is 11.6. The number of rotatable bonds is 7. The number of carbonyl (C=O) groups excluding carboxylic acids is 1. The molecule has 0 aliphatic carbocycles. The lowest BCUT2D eigenvalue weighted by molar-refractivity contribution is -0.384. The van der Waals surface area contributed by atoms with Gasteiger partial charge >= 0.3 is 0 Å². The van der Waals surface area contributed by atoms with Crippen molar-refractivity contribution in [2.24, 2.45) is 0 Å². The molecule has 0 bridgehead atoms. The van der Waals surface area contributed by atoms with Crippen LogP contribution in [0.1, 0.15) is 41.7 Å². The summed E-state index contributed by atoms with van der Waals surface area (Å²) in [4.78, 5) is 29.4. The summed E-state index contributed by atoms with van der Waals surface area (Å²) in [5.74, 6) is 0.369. The first kappa shape index (κ1) is 26.8. The van der Waals surface area contributed by atoms with Crippen LogP contribution in [-0.2, 0) is 4.79 Å². The summed E-state index contributed by atoms with van der Waals surface area (Å²) in [6, 6.07) is 19.3. The Kier molecular flexibility index (Phi) is 7.22. The van der Waals surface area contributed by atoms with Gasteiger partial charge in [-0.05, 0) is 80.2 Å². The Bertz CT molecular complexity index is 1600. The number of hydrogen-bond donors (Lipinski definition) is 2. The smallest absolute Gasteiger partial charge is 0.271 e. The lowest BCUT2D eigenvalue weighted by Crippen LogP contribution is -2.29. The van der Waals surface area contributed by atoms with Gasteiger partial charge in [-0.25, -0.2) is 0 Å². The SMILES string of the molecule is COc1ccc([N+](=O)[O-])cc1-n1c(C)cc([C@@H]2[C@@H](c3ccccn3)NC(=S)N2c2ccc(NC(C)=O)cc2)c1C. The van der Waals surface area contributed by atoms with Gasteiger partial charge in [0.2, 0.25) is 5.91 Å². The number of carbonyl (C=O) groups is 1. The monoisotopic (exact) mass is 556 g/mol. The second kappa shape index (κ2) is 10.8. The van der Waals surface area contributed by atoms with Gasteiger partial charge in [0.05, 0.1) is 35.5 Å². The van der Waals surface area contributed by atoms with Crippen molar-refractivity contribution in [3.8, 4) is 11.4 Å². The lowest BCUT2D eigenvalue weighted by atomic mass is 9.96. The number of benzene rings is 2. The second-order valence-electron chi connectivity index (χ2n) is 9.50. The molecule has 40 heavy (non-hydrogen) atoms. The van der Waals surface area contributed by atoms with Crippen molar-refractivity contribution < 1.29 is 14.5 Å². The second-order valence-corrected chi connectivity index (χ2v) is 9.89. The fraction of sp³-hybridized carbons (Fsp3) is 0.207. The number of pyridine rings is 1. The number of nitro groups is 1. The molecule has 1 saturated heterocycles. The summed E-state index contributed by atoms with van der Waals surface area (Å²) >= 11 is 5.86. The Morgan fingerprint density at radius 2 is 1.88 bits per heavy atom. The van der Waals surface area contributed by atoms with Gasteiger partial charge in [0.15, 0.2) is 5.11 Å². The van der Waals surface area contributed by atoms with E-state index in [2.05, 4.69) is 21.7 Å². The van der Waals surface area contributed by atoms with Gasteiger partial charge in [-0.2, -0.15) is 0 Å². The molecule has 3 heterocycles. The Balaban J connectivity index is 1.67. The molecule has 204 valence electrons. The molecule has 1 aliphatic rings. The molecule has 5 rings (SSSR count). The minimum atomic E-state index is -0.416. The van der Waals surface area contributed by atoms with Crippen molar-refractivity contribution in [2.45, 2.75) is 32.9 Å². The third-order valence-corrected chi connectivity index (χ3v) is 7.28. The first-order valence-electron chi connectivity index (χ1n) is 12.6. The van der Waals surface area contributed by atoms with E-state index >= 15 is 0 Å². The summed E-state index contributed by atoms with van der Waals surface area (Å²) in [5, 5.41) is 18.4. The number of anilines is 2. The van der Waals surface area contributed by atoms with Crippen LogP contribution in [0.15, 0.2) is 72.9 Å². The van der Waals surface area contributed by atoms with E-state index in [1.54, 1.807) is 19.4 Å². The van der Waals surface area contributed by atoms with Crippen molar-refractivity contribution in [3.63, 3.8) is 0 Å². The summed E-state index contributed by atoms with van der Waals surface area (Å²) in [5.41, 5.74) is 5.63. The van der Waals surface area contributed by atoms with Gasteiger partial charge in [-0.1, -0.05) is 6.07 Å². The Hall–Kier alpha value is -4.77. The summed E-state index contributed by atoms with van der Waals surface area (Å²) < 4.78 is 7.56. The van der Waals surface area contributed by atoms with Crippen LogP contribution in [-0.4, -0.2) is 32.6 Å². The molecule has 1 amide bonds. The van der Waals surface area contributed by atoms with E-state index in [1.165, 1.54) is 19.1 Å². The molecule has 0 unspecified atom stereocenters. The molecule has 2 atom stereocenters. The third-order valence-electron chi connectivity index (χ3n) is 6.97. The van der Waals surface area contributed by atoms with Gasteiger partial charge in [-0.3, -0.25) is 19.9 Å². The number of methoxy groups -OCH3 is 1. The molecule has 0 spiro atoms. The normalized spacial score (nSPS) is 16.5. The van der Waals surface area contributed by atoms with Crippen LogP contribution in [0.3, 0.4) is 0 Å². The Morgan fingerprint density at radius 3 is 2.50 bits per heavy atom. The van der Waals surface area contributed by atoms with E-state index in [0.29, 0.717) is 22.2 Å². The highest BCUT2D eigenvalue weighted by atomic mass is 32.1. The van der Waals surface area contributed by atoms with E-state index in [1.807, 2.05) is 65.8 Å². The summed E-state index contributed by atoms with van der Waals surface area (Å²) in [6.45, 7) is 5.40. The van der Waals surface area contributed by atoms with E-state index in [0.717, 1.165) is 28.3 Å². The lowest BCUT2D eigenvalue weighted by Gasteiger charge is -2.28. The van der Waals surface area contributed by atoms with Gasteiger partial charge in [0.25, 0.3) is 5.69 Å². The highest BCUT2D eigenvalue weighted by Gasteiger charge is 2.42. The quantitative estimate of drug-likeness (QED) is 0.173. The molecular formula is C29H28N6O4S. The van der Waals surface area contributed by atoms with Crippen LogP contribution in [0.2, 0.25) is 0 Å². The Morgan fingerprint density at radius 1 is 1.12 bits per heavy atom. The number of nitrogens with zero attached hydrogens (tertiary/aromatic N) is 4. The van der Waals surface area contributed by atoms with E-state index in [9.17, 15) is 14.9 Å². The molecule has 2 aromatic heterocycles. The van der Waals surface area contributed by atoms with Crippen LogP contribution in [0.5, 0.6) is 5.75 Å². The van der Waals surface area contributed by atoms with Crippen LogP contribution in [0.4, 0.5) is 17.1 Å². The number of nitrogens with one attached hydrogen (secondary N) is 2. The van der Waals surface area contributed by atoms with Crippen molar-refractivity contribution in [2.75, 3.05) is 17.3 Å². The van der Waals surface area contributed by atoms with Crippen molar-refractivity contribution in [1.82, 2.24) is 14.9 Å². The molecule has 2 aromatic carbocycles. The minimum absolute atomic E-state index is 0.0270. The van der Waals surface area contributed by atoms with Gasteiger partial charge in [-0.15, -0.1) is 0 Å². The van der Waals surface area contributed by atoms with Gasteiger partial charge < -0.3 is 24.8 Å². The fourth-order valence-corrected chi connectivity index (χ4v) is 5.63. The third kappa shape index (κ3) is 4.87. The topological polar surface area (TPSA) is 115 Å². The zero-order chi connectivity index (χ0) is 28.6. The maximum Gasteiger partial charge on any atom is 0.271 e. The zero-order valence-corrected chi connectivity index (χ0v) is 23.2. The summed E-state index contributed by atoms with van der Waals surface area (Å²) in [6.07, 6.45) is 1.75. The van der Waals surface area contributed by atoms with Gasteiger partial charge in [0, 0.05) is 48.0 Å². The van der Waals surface area contributed by atoms with Crippen LogP contribution in [0, 0.1) is 24.0 Å². The van der Waals surface area contributed by atoms with Crippen molar-refractivity contribution in [3.05, 3.63) is 106 Å². The average Bonchev–Trinajstić information content (AvgIpc) is 3.43. The molecule has 1 aliphatic heterocycles. The minimum Gasteiger partial charge on any atom is -0.495 e. The molecule has 11 heteroatoms. The number of nitro benzene ring substituents is 1. The predicted molar refractivity (Wildman–Crippen MR) is 157 cm³/mol. The number of ether oxygens (including phenoxy) is 1. The van der Waals surface area contributed by atoms with E-state index in [4.69, 9.17) is 17.0 Å². The molecule has 2 N–H and O–H groups in total. The van der Waals surface area contributed by atoms with Gasteiger partial charge in [0.1, 0.15) is 5.75 Å². The largest absolute Gasteiger partial charge is 0.495 e. The van der Waals surface area contributed by atoms with E-state index in [-0.39, 0.29) is 23.7 Å². The number of hydrogen-bond acceptors (Lipinski definition) is 6. The fourth-order valence-electron chi connectivity index (χ4n) is 5.28. The zero-order valence-electron chi connectivity index (χ0n) is 22.4. The number of amides is 1. The molecule has 4 aromatic rings. The van der Waals surface area contributed by atoms with Crippen LogP contribution in [0.25, 0.3) is 5.69 Å². The molecular weight excluding hydrogens is 528 g/mol. The maximum atomic E-state index is 11.6. The average molecular weight is 557 g/mol. The molecule has 10 nitrogen and oxygen atoms in total. The number of thiocarbonyl (C=S) groups is 1. The Labute approximate surface area is 236 Å².